The standard InChI is InChI=1S/C13H17BrN2O3S/c1-20(18,19)16-7-3-4-10(9-16)13(17)15-12-6-2-5-11(14)8-12/h2,5-6,8,10H,3-4,7,9H2,1H3,(H,15,17). The highest BCUT2D eigenvalue weighted by Crippen LogP contribution is 2.21. The molecule has 2 rings (SSSR count). The van der Waals surface area contributed by atoms with Crippen LogP contribution in [0.5, 0.6) is 0 Å². The Morgan fingerprint density at radius 2 is 2.20 bits per heavy atom. The Balaban J connectivity index is 2.02. The molecule has 7 heteroatoms. The largest absolute Gasteiger partial charge is 0.326 e. The zero-order valence-electron chi connectivity index (χ0n) is 11.2. The fraction of sp³-hybridized carbons (Fsp3) is 0.462. The maximum atomic E-state index is 12.2. The highest BCUT2D eigenvalue weighted by atomic mass is 79.9. The van der Waals surface area contributed by atoms with E-state index in [1.807, 2.05) is 18.2 Å². The van der Waals surface area contributed by atoms with Crippen molar-refractivity contribution in [1.29, 1.82) is 0 Å². The Bertz CT molecular complexity index is 603. The quantitative estimate of drug-likeness (QED) is 0.896. The lowest BCUT2D eigenvalue weighted by molar-refractivity contribution is -0.120. The third-order valence-corrected chi connectivity index (χ3v) is 5.08. The predicted octanol–water partition coefficient (Wildman–Crippen LogP) is 2.06. The molecule has 0 spiro atoms. The van der Waals surface area contributed by atoms with Crippen molar-refractivity contribution in [3.05, 3.63) is 28.7 Å². The van der Waals surface area contributed by atoms with Gasteiger partial charge in [0.1, 0.15) is 0 Å². The number of piperidine rings is 1. The molecule has 1 aromatic rings. The lowest BCUT2D eigenvalue weighted by Gasteiger charge is -2.30. The molecule has 1 heterocycles. The van der Waals surface area contributed by atoms with Gasteiger partial charge in [0.15, 0.2) is 0 Å². The monoisotopic (exact) mass is 360 g/mol. The van der Waals surface area contributed by atoms with Gasteiger partial charge >= 0.3 is 0 Å². The number of benzene rings is 1. The van der Waals surface area contributed by atoms with Gasteiger partial charge in [-0.3, -0.25) is 4.79 Å². The second kappa shape index (κ2) is 6.24. The van der Waals surface area contributed by atoms with E-state index < -0.39 is 10.0 Å². The van der Waals surface area contributed by atoms with Gasteiger partial charge < -0.3 is 5.32 Å². The number of amides is 1. The van der Waals surface area contributed by atoms with Crippen molar-refractivity contribution in [3.63, 3.8) is 0 Å². The molecule has 1 amide bonds. The Kier molecular flexibility index (Phi) is 4.82. The fourth-order valence-electron chi connectivity index (χ4n) is 2.27. The highest BCUT2D eigenvalue weighted by Gasteiger charge is 2.30. The summed E-state index contributed by atoms with van der Waals surface area (Å²) in [5, 5.41) is 2.83. The van der Waals surface area contributed by atoms with E-state index in [-0.39, 0.29) is 18.4 Å². The van der Waals surface area contributed by atoms with Gasteiger partial charge in [-0.25, -0.2) is 12.7 Å². The lowest BCUT2D eigenvalue weighted by atomic mass is 9.99. The molecule has 1 N–H and O–H groups in total. The van der Waals surface area contributed by atoms with E-state index in [0.717, 1.165) is 4.47 Å². The minimum absolute atomic E-state index is 0.128. The van der Waals surface area contributed by atoms with Crippen LogP contribution in [0.25, 0.3) is 0 Å². The van der Waals surface area contributed by atoms with E-state index in [9.17, 15) is 13.2 Å². The van der Waals surface area contributed by atoms with Gasteiger partial charge in [-0.2, -0.15) is 0 Å². The van der Waals surface area contributed by atoms with Crippen LogP contribution >= 0.6 is 15.9 Å². The third kappa shape index (κ3) is 4.04. The number of nitrogens with zero attached hydrogens (tertiary/aromatic N) is 1. The molecule has 1 saturated heterocycles. The molecule has 5 nitrogen and oxygen atoms in total. The summed E-state index contributed by atoms with van der Waals surface area (Å²) in [6, 6.07) is 7.33. The third-order valence-electron chi connectivity index (χ3n) is 3.32. The SMILES string of the molecule is CS(=O)(=O)N1CCCC(C(=O)Nc2cccc(Br)c2)C1. The summed E-state index contributed by atoms with van der Waals surface area (Å²) in [6.07, 6.45) is 2.61. The van der Waals surface area contributed by atoms with Crippen molar-refractivity contribution in [2.45, 2.75) is 12.8 Å². The zero-order valence-corrected chi connectivity index (χ0v) is 13.6. The Hall–Kier alpha value is -0.920. The molecule has 110 valence electrons. The van der Waals surface area contributed by atoms with Crippen LogP contribution in [-0.4, -0.2) is 38.0 Å². The molecule has 1 aliphatic heterocycles. The van der Waals surface area contributed by atoms with Crippen LogP contribution in [0.3, 0.4) is 0 Å². The molecule has 0 aliphatic carbocycles. The van der Waals surface area contributed by atoms with Gasteiger partial charge in [-0.15, -0.1) is 0 Å². The summed E-state index contributed by atoms with van der Waals surface area (Å²) >= 11 is 3.34. The molecule has 1 fully saturated rings. The molecule has 1 aliphatic rings. The van der Waals surface area contributed by atoms with Crippen LogP contribution in [-0.2, 0) is 14.8 Å². The summed E-state index contributed by atoms with van der Waals surface area (Å²) in [6.45, 7) is 0.762. The number of carbonyl (C=O) groups excluding carboxylic acids is 1. The Morgan fingerprint density at radius 3 is 2.85 bits per heavy atom. The van der Waals surface area contributed by atoms with Crippen molar-refractivity contribution in [2.24, 2.45) is 5.92 Å². The van der Waals surface area contributed by atoms with E-state index in [2.05, 4.69) is 21.2 Å². The van der Waals surface area contributed by atoms with Crippen molar-refractivity contribution in [3.8, 4) is 0 Å². The molecule has 0 aromatic heterocycles. The Labute approximate surface area is 127 Å². The summed E-state index contributed by atoms with van der Waals surface area (Å²) in [5.74, 6) is -0.422. The van der Waals surface area contributed by atoms with Crippen LogP contribution < -0.4 is 5.32 Å². The summed E-state index contributed by atoms with van der Waals surface area (Å²) in [5.41, 5.74) is 0.709. The van der Waals surface area contributed by atoms with Gasteiger partial charge in [0.05, 0.1) is 12.2 Å². The van der Waals surface area contributed by atoms with Crippen molar-refractivity contribution >= 4 is 37.5 Å². The van der Waals surface area contributed by atoms with Crippen LogP contribution in [0.2, 0.25) is 0 Å². The van der Waals surface area contributed by atoms with E-state index in [1.54, 1.807) is 6.07 Å². The van der Waals surface area contributed by atoms with E-state index >= 15 is 0 Å². The fourth-order valence-corrected chi connectivity index (χ4v) is 3.58. The molecule has 1 atom stereocenters. The van der Waals surface area contributed by atoms with Crippen LogP contribution in [0.15, 0.2) is 28.7 Å². The number of hydrogen-bond donors (Lipinski definition) is 1. The second-order valence-corrected chi connectivity index (χ2v) is 7.86. The predicted molar refractivity (Wildman–Crippen MR) is 81.9 cm³/mol. The van der Waals surface area contributed by atoms with Gasteiger partial charge in [0.2, 0.25) is 15.9 Å². The smallest absolute Gasteiger partial charge is 0.228 e. The van der Waals surface area contributed by atoms with Crippen LogP contribution in [0.1, 0.15) is 12.8 Å². The first kappa shape index (κ1) is 15.5. The van der Waals surface area contributed by atoms with Crippen LogP contribution in [0.4, 0.5) is 5.69 Å². The molecule has 0 radical (unpaired) electrons. The molecular formula is C13H17BrN2O3S. The molecule has 20 heavy (non-hydrogen) atoms. The summed E-state index contributed by atoms with van der Waals surface area (Å²) < 4.78 is 25.4. The molecule has 0 saturated carbocycles. The van der Waals surface area contributed by atoms with E-state index in [0.29, 0.717) is 25.1 Å². The van der Waals surface area contributed by atoms with E-state index in [1.165, 1.54) is 10.6 Å². The number of carbonyl (C=O) groups is 1. The number of halogens is 1. The maximum absolute atomic E-state index is 12.2. The first-order valence-electron chi connectivity index (χ1n) is 6.38. The zero-order chi connectivity index (χ0) is 14.8. The minimum atomic E-state index is -3.23. The average molecular weight is 361 g/mol. The van der Waals surface area contributed by atoms with Gasteiger partial charge in [-0.05, 0) is 31.0 Å². The second-order valence-electron chi connectivity index (χ2n) is 4.96. The molecule has 1 aromatic carbocycles. The Morgan fingerprint density at radius 1 is 1.45 bits per heavy atom. The number of rotatable bonds is 3. The summed E-state index contributed by atoms with van der Waals surface area (Å²) in [4.78, 5) is 12.2. The lowest BCUT2D eigenvalue weighted by Crippen LogP contribution is -2.43. The molecular weight excluding hydrogens is 344 g/mol. The normalized spacial score (nSPS) is 20.6. The van der Waals surface area contributed by atoms with Gasteiger partial charge in [0.25, 0.3) is 0 Å². The van der Waals surface area contributed by atoms with Crippen LogP contribution in [0, 0.1) is 5.92 Å². The topological polar surface area (TPSA) is 66.5 Å². The van der Waals surface area contributed by atoms with Crippen molar-refractivity contribution in [1.82, 2.24) is 4.31 Å². The maximum Gasteiger partial charge on any atom is 0.228 e. The minimum Gasteiger partial charge on any atom is -0.326 e. The average Bonchev–Trinajstić information content (AvgIpc) is 2.38. The highest BCUT2D eigenvalue weighted by molar-refractivity contribution is 9.10. The first-order valence-corrected chi connectivity index (χ1v) is 9.02. The van der Waals surface area contributed by atoms with Gasteiger partial charge in [0, 0.05) is 23.2 Å². The van der Waals surface area contributed by atoms with E-state index in [4.69, 9.17) is 0 Å². The number of nitrogens with one attached hydrogen (secondary N) is 1. The van der Waals surface area contributed by atoms with Gasteiger partial charge in [-0.1, -0.05) is 22.0 Å². The number of sulfonamides is 1. The molecule has 0 bridgehead atoms. The van der Waals surface area contributed by atoms with Crippen molar-refractivity contribution in [2.75, 3.05) is 24.7 Å². The number of anilines is 1. The van der Waals surface area contributed by atoms with Crippen molar-refractivity contribution < 1.29 is 13.2 Å². The summed E-state index contributed by atoms with van der Waals surface area (Å²) in [7, 11) is -3.23. The molecule has 1 unspecified atom stereocenters. The number of hydrogen-bond acceptors (Lipinski definition) is 3. The first-order chi connectivity index (χ1) is 9.36.